The second-order valence-electron chi connectivity index (χ2n) is 6.88. The van der Waals surface area contributed by atoms with Crippen molar-refractivity contribution in [1.29, 1.82) is 0 Å². The van der Waals surface area contributed by atoms with Gasteiger partial charge in [0.25, 0.3) is 0 Å². The molecule has 3 heteroatoms. The molecule has 1 aromatic heterocycles. The van der Waals surface area contributed by atoms with Crippen molar-refractivity contribution in [3.05, 3.63) is 53.3 Å². The molecule has 3 atom stereocenters. The summed E-state index contributed by atoms with van der Waals surface area (Å²) in [7, 11) is 2.05. The second-order valence-corrected chi connectivity index (χ2v) is 6.88. The summed E-state index contributed by atoms with van der Waals surface area (Å²) in [6.07, 6.45) is 5.74. The van der Waals surface area contributed by atoms with E-state index in [0.29, 0.717) is 18.1 Å². The number of ketones is 1. The highest BCUT2D eigenvalue weighted by Crippen LogP contribution is 2.54. The summed E-state index contributed by atoms with van der Waals surface area (Å²) < 4.78 is 2.05. The Morgan fingerprint density at radius 1 is 1.23 bits per heavy atom. The number of hydrogen-bond donors (Lipinski definition) is 0. The van der Waals surface area contributed by atoms with Crippen LogP contribution in [0, 0.1) is 11.8 Å². The van der Waals surface area contributed by atoms with Crippen molar-refractivity contribution in [3.63, 3.8) is 0 Å². The Balaban J connectivity index is 1.99. The van der Waals surface area contributed by atoms with Crippen molar-refractivity contribution >= 4 is 5.78 Å². The van der Waals surface area contributed by atoms with Crippen LogP contribution in [-0.4, -0.2) is 15.6 Å². The maximum absolute atomic E-state index is 12.3. The van der Waals surface area contributed by atoms with E-state index in [4.69, 9.17) is 0 Å². The highest BCUT2D eigenvalue weighted by molar-refractivity contribution is 5.83. The van der Waals surface area contributed by atoms with E-state index >= 15 is 0 Å². The Labute approximate surface area is 131 Å². The van der Waals surface area contributed by atoms with Crippen LogP contribution in [0.3, 0.4) is 0 Å². The number of aryl methyl sites for hydroxylation is 2. The summed E-state index contributed by atoms with van der Waals surface area (Å²) in [5.74, 6) is 0.957. The number of carbonyl (C=O) groups is 1. The van der Waals surface area contributed by atoms with Crippen molar-refractivity contribution in [1.82, 2.24) is 9.78 Å². The molecule has 0 N–H and O–H groups in total. The minimum atomic E-state index is -0.0482. The first-order valence-corrected chi connectivity index (χ1v) is 8.24. The molecule has 1 heterocycles. The number of aromatic nitrogens is 2. The third-order valence-corrected chi connectivity index (χ3v) is 5.96. The minimum absolute atomic E-state index is 0.0482. The van der Waals surface area contributed by atoms with Gasteiger partial charge in [0.2, 0.25) is 0 Å². The van der Waals surface area contributed by atoms with Gasteiger partial charge >= 0.3 is 0 Å². The van der Waals surface area contributed by atoms with Gasteiger partial charge < -0.3 is 0 Å². The molecule has 3 nitrogen and oxygen atoms in total. The van der Waals surface area contributed by atoms with E-state index in [1.807, 2.05) is 13.2 Å². The summed E-state index contributed by atoms with van der Waals surface area (Å²) in [5, 5.41) is 4.54. The molecule has 0 aliphatic heterocycles. The van der Waals surface area contributed by atoms with E-state index in [9.17, 15) is 4.79 Å². The predicted molar refractivity (Wildman–Crippen MR) is 85.6 cm³/mol. The average molecular weight is 294 g/mol. The topological polar surface area (TPSA) is 34.9 Å². The number of nitrogens with zero attached hydrogens (tertiary/aromatic N) is 2. The molecular formula is C19H22N2O. The molecule has 2 aromatic rings. The van der Waals surface area contributed by atoms with Crippen LogP contribution in [0.25, 0.3) is 0 Å². The second kappa shape index (κ2) is 4.80. The highest BCUT2D eigenvalue weighted by Gasteiger charge is 2.53. The predicted octanol–water partition coefficient (Wildman–Crippen LogP) is 3.27. The number of benzene rings is 1. The van der Waals surface area contributed by atoms with E-state index in [1.165, 1.54) is 16.8 Å². The van der Waals surface area contributed by atoms with Crippen LogP contribution in [0.4, 0.5) is 0 Å². The zero-order valence-corrected chi connectivity index (χ0v) is 13.2. The maximum atomic E-state index is 12.3. The molecule has 1 aromatic carbocycles. The first-order chi connectivity index (χ1) is 10.6. The molecule has 0 spiro atoms. The van der Waals surface area contributed by atoms with Gasteiger partial charge in [-0.05, 0) is 36.3 Å². The van der Waals surface area contributed by atoms with Gasteiger partial charge in [-0.25, -0.2) is 0 Å². The normalized spacial score (nSPS) is 30.7. The molecule has 0 saturated heterocycles. The first kappa shape index (κ1) is 13.7. The fraction of sp³-hybridized carbons (Fsp3) is 0.474. The van der Waals surface area contributed by atoms with Gasteiger partial charge in [0.15, 0.2) is 0 Å². The molecule has 0 unspecified atom stereocenters. The van der Waals surface area contributed by atoms with Crippen LogP contribution in [0.5, 0.6) is 0 Å². The van der Waals surface area contributed by atoms with Crippen molar-refractivity contribution < 1.29 is 4.79 Å². The average Bonchev–Trinajstić information content (AvgIpc) is 2.94. The lowest BCUT2D eigenvalue weighted by Gasteiger charge is -2.50. The third-order valence-electron chi connectivity index (χ3n) is 5.96. The lowest BCUT2D eigenvalue weighted by Crippen LogP contribution is -2.50. The van der Waals surface area contributed by atoms with Gasteiger partial charge in [-0.1, -0.05) is 37.3 Å². The number of fused-ring (bicyclic) bond motifs is 3. The van der Waals surface area contributed by atoms with Crippen LogP contribution < -0.4 is 0 Å². The van der Waals surface area contributed by atoms with Gasteiger partial charge in [0.05, 0.1) is 11.9 Å². The van der Waals surface area contributed by atoms with Crippen molar-refractivity contribution in [2.75, 3.05) is 0 Å². The standard InChI is InChI=1S/C19H22N2O/c1-13-16-9-8-14-12-20-21(2)18(14)19(16,11-10-17(13)22)15-6-4-3-5-7-15/h3-7,12-13,16H,8-11H2,1-2H3/t13-,16-,19+/m0/s1. The highest BCUT2D eigenvalue weighted by atomic mass is 16.1. The summed E-state index contributed by atoms with van der Waals surface area (Å²) in [5.41, 5.74) is 4.01. The van der Waals surface area contributed by atoms with Gasteiger partial charge in [-0.2, -0.15) is 5.10 Å². The van der Waals surface area contributed by atoms with Gasteiger partial charge in [0, 0.05) is 24.8 Å². The van der Waals surface area contributed by atoms with Crippen molar-refractivity contribution in [2.24, 2.45) is 18.9 Å². The van der Waals surface area contributed by atoms with Crippen LogP contribution in [0.15, 0.2) is 36.5 Å². The van der Waals surface area contributed by atoms with E-state index in [-0.39, 0.29) is 11.3 Å². The summed E-state index contributed by atoms with van der Waals surface area (Å²) in [6.45, 7) is 2.13. The van der Waals surface area contributed by atoms with Gasteiger partial charge in [-0.15, -0.1) is 0 Å². The Morgan fingerprint density at radius 2 is 2.00 bits per heavy atom. The molecule has 1 fully saturated rings. The smallest absolute Gasteiger partial charge is 0.136 e. The van der Waals surface area contributed by atoms with Crippen LogP contribution in [0.1, 0.15) is 43.0 Å². The quantitative estimate of drug-likeness (QED) is 0.809. The largest absolute Gasteiger partial charge is 0.299 e. The Hall–Kier alpha value is -1.90. The minimum Gasteiger partial charge on any atom is -0.299 e. The lowest BCUT2D eigenvalue weighted by molar-refractivity contribution is -0.128. The molecule has 2 aliphatic rings. The van der Waals surface area contributed by atoms with E-state index in [1.54, 1.807) is 0 Å². The number of rotatable bonds is 1. The van der Waals surface area contributed by atoms with Crippen LogP contribution in [0.2, 0.25) is 0 Å². The van der Waals surface area contributed by atoms with Crippen LogP contribution >= 0.6 is 0 Å². The fourth-order valence-corrected chi connectivity index (χ4v) is 4.96. The molecule has 2 aliphatic carbocycles. The molecule has 1 saturated carbocycles. The zero-order valence-electron chi connectivity index (χ0n) is 13.2. The fourth-order valence-electron chi connectivity index (χ4n) is 4.96. The molecule has 22 heavy (non-hydrogen) atoms. The molecule has 4 rings (SSSR count). The van der Waals surface area contributed by atoms with E-state index in [2.05, 4.69) is 47.0 Å². The lowest BCUT2D eigenvalue weighted by atomic mass is 9.53. The zero-order chi connectivity index (χ0) is 15.3. The summed E-state index contributed by atoms with van der Waals surface area (Å²) in [4.78, 5) is 12.3. The monoisotopic (exact) mass is 294 g/mol. The van der Waals surface area contributed by atoms with Gasteiger partial charge in [0.1, 0.15) is 5.78 Å². The van der Waals surface area contributed by atoms with Gasteiger partial charge in [-0.3, -0.25) is 9.48 Å². The molecule has 0 bridgehead atoms. The SMILES string of the molecule is C[C@@H]1C(=O)CC[C@]2(c3ccccc3)c3c(cnn3C)CC[C@@H]12. The third kappa shape index (κ3) is 1.68. The first-order valence-electron chi connectivity index (χ1n) is 8.24. The summed E-state index contributed by atoms with van der Waals surface area (Å²) >= 11 is 0. The maximum Gasteiger partial charge on any atom is 0.136 e. The Bertz CT molecular complexity index is 718. The number of hydrogen-bond acceptors (Lipinski definition) is 2. The van der Waals surface area contributed by atoms with E-state index in [0.717, 1.165) is 19.3 Å². The Morgan fingerprint density at radius 3 is 2.77 bits per heavy atom. The van der Waals surface area contributed by atoms with Crippen LogP contribution in [-0.2, 0) is 23.7 Å². The summed E-state index contributed by atoms with van der Waals surface area (Å²) in [6, 6.07) is 10.8. The Kier molecular flexibility index (Phi) is 3.00. The van der Waals surface area contributed by atoms with Crippen molar-refractivity contribution in [3.8, 4) is 0 Å². The molecule has 0 radical (unpaired) electrons. The number of Topliss-reactive ketones (excluding diaryl/α,β-unsaturated/α-hetero) is 1. The van der Waals surface area contributed by atoms with E-state index < -0.39 is 0 Å². The van der Waals surface area contributed by atoms with Crippen molar-refractivity contribution in [2.45, 2.75) is 38.0 Å². The molecule has 0 amide bonds. The molecule has 114 valence electrons. The number of carbonyl (C=O) groups excluding carboxylic acids is 1. The molecular weight excluding hydrogens is 272 g/mol.